The van der Waals surface area contributed by atoms with E-state index in [0.717, 1.165) is 0 Å². The Morgan fingerprint density at radius 3 is 0.407 bits per heavy atom. The molecule has 0 aliphatic carbocycles. The molecule has 0 radical (unpaired) electrons. The molecular weight excluding hydrogens is 411 g/mol. The van der Waals surface area contributed by atoms with Crippen LogP contribution in [0.2, 0.25) is 0 Å². The maximum absolute atomic E-state index is 5.79. The first-order chi connectivity index (χ1) is 10.7. The van der Waals surface area contributed by atoms with E-state index in [1.165, 1.54) is 0 Å². The summed E-state index contributed by atoms with van der Waals surface area (Å²) in [7, 11) is 0. The molecule has 3 nitrogen and oxygen atoms in total. The van der Waals surface area contributed by atoms with Crippen LogP contribution in [0, 0.1) is 0 Å². The normalized spacial score (nSPS) is 10.7. The molecular formula is C18H48F3N3S3. The zero-order valence-electron chi connectivity index (χ0n) is 19.6. The molecule has 0 rings (SSSR count). The number of halogens is 3. The van der Waals surface area contributed by atoms with Gasteiger partial charge in [0.1, 0.15) is 31.5 Å². The summed E-state index contributed by atoms with van der Waals surface area (Å²) in [5.41, 5.74) is 0. The van der Waals surface area contributed by atoms with Crippen LogP contribution < -0.4 is 29.5 Å². The fourth-order valence-corrected chi connectivity index (χ4v) is 4.90. The highest BCUT2D eigenvalue weighted by atomic mass is 32.2. The first kappa shape index (κ1) is 42.0. The summed E-state index contributed by atoms with van der Waals surface area (Å²) in [6.07, 6.45) is 0. The van der Waals surface area contributed by atoms with Crippen molar-refractivity contribution in [3.63, 3.8) is 0 Å². The van der Waals surface area contributed by atoms with E-state index in [1.807, 2.05) is 0 Å². The number of nitrogens with two attached hydrogens (primary N) is 3. The molecule has 9 heteroatoms. The van der Waals surface area contributed by atoms with Crippen molar-refractivity contribution < 1.29 is 14.1 Å². The lowest BCUT2D eigenvalue weighted by Crippen LogP contribution is -3.00. The van der Waals surface area contributed by atoms with Gasteiger partial charge < -0.3 is 14.1 Å². The van der Waals surface area contributed by atoms with Crippen molar-refractivity contribution >= 4 is 33.2 Å². The zero-order valence-corrected chi connectivity index (χ0v) is 22.0. The molecule has 27 heavy (non-hydrogen) atoms. The zero-order chi connectivity index (χ0) is 20.2. The summed E-state index contributed by atoms with van der Waals surface area (Å²) < 4.78 is 0. The molecule has 0 aromatic carbocycles. The summed E-state index contributed by atoms with van der Waals surface area (Å²) in [5, 5.41) is 21.3. The average molecular weight is 460 g/mol. The highest BCUT2D eigenvalue weighted by Crippen LogP contribution is 2.05. The second-order valence-corrected chi connectivity index (χ2v) is 15.6. The van der Waals surface area contributed by atoms with Gasteiger partial charge in [0, 0.05) is 0 Å². The van der Waals surface area contributed by atoms with Gasteiger partial charge in [-0.3, -0.25) is 0 Å². The van der Waals surface area contributed by atoms with E-state index in [1.54, 1.807) is 0 Å². The fourth-order valence-electron chi connectivity index (χ4n) is 1.63. The number of hydrogen-bond donors (Lipinski definition) is 3. The Bertz CT molecular complexity index is 217. The molecule has 0 heterocycles. The SMILES string of the molecule is CC(C)[S+](N)C(C)C.CC(C)[S+](N)C(C)C.CC(C)[S+](N)C(C)C.[F-].[F-].[F-]. The lowest BCUT2D eigenvalue weighted by molar-refractivity contribution is -0.00100. The van der Waals surface area contributed by atoms with Gasteiger partial charge in [-0.15, -0.1) is 0 Å². The van der Waals surface area contributed by atoms with Crippen LogP contribution in [0.4, 0.5) is 0 Å². The Hall–Kier alpha value is 0.720. The number of hydrogen-bond acceptors (Lipinski definition) is 3. The van der Waals surface area contributed by atoms with Gasteiger partial charge in [-0.2, -0.15) is 15.4 Å². The van der Waals surface area contributed by atoms with Gasteiger partial charge in [0.05, 0.1) is 33.2 Å². The molecule has 0 atom stereocenters. The quantitative estimate of drug-likeness (QED) is 0.348. The van der Waals surface area contributed by atoms with Crippen LogP contribution >= 0.6 is 0 Å². The largest absolute Gasteiger partial charge is 1.00 e. The molecule has 174 valence electrons. The van der Waals surface area contributed by atoms with Gasteiger partial charge in [-0.05, 0) is 83.1 Å². The lowest BCUT2D eigenvalue weighted by Gasteiger charge is -2.07. The summed E-state index contributed by atoms with van der Waals surface area (Å²) in [5.74, 6) is 0. The highest BCUT2D eigenvalue weighted by molar-refractivity contribution is 7.96. The smallest absolute Gasteiger partial charge is 0.132 e. The van der Waals surface area contributed by atoms with Crippen molar-refractivity contribution in [2.75, 3.05) is 0 Å². The van der Waals surface area contributed by atoms with Crippen molar-refractivity contribution in [3.05, 3.63) is 0 Å². The van der Waals surface area contributed by atoms with E-state index >= 15 is 0 Å². The summed E-state index contributed by atoms with van der Waals surface area (Å²) in [6.45, 7) is 26.0. The molecule has 0 saturated heterocycles. The number of rotatable bonds is 6. The molecule has 0 spiro atoms. The van der Waals surface area contributed by atoms with E-state index in [-0.39, 0.29) is 47.4 Å². The van der Waals surface area contributed by atoms with Gasteiger partial charge in [0.15, 0.2) is 0 Å². The molecule has 0 amide bonds. The van der Waals surface area contributed by atoms with Crippen LogP contribution in [-0.2, 0) is 33.2 Å². The molecule has 0 saturated carbocycles. The van der Waals surface area contributed by atoms with Crippen LogP contribution in [0.1, 0.15) is 83.1 Å². The molecule has 0 bridgehead atoms. The van der Waals surface area contributed by atoms with Gasteiger partial charge >= 0.3 is 0 Å². The minimum Gasteiger partial charge on any atom is -1.00 e. The molecule has 6 N–H and O–H groups in total. The lowest BCUT2D eigenvalue weighted by atomic mass is 10.5. The predicted molar refractivity (Wildman–Crippen MR) is 125 cm³/mol. The van der Waals surface area contributed by atoms with E-state index in [0.29, 0.717) is 31.5 Å². The van der Waals surface area contributed by atoms with Gasteiger partial charge in [0.2, 0.25) is 0 Å². The Balaban J connectivity index is -0.0000000580. The van der Waals surface area contributed by atoms with Crippen LogP contribution in [0.25, 0.3) is 0 Å². The third-order valence-corrected chi connectivity index (χ3v) is 9.80. The van der Waals surface area contributed by atoms with Crippen molar-refractivity contribution in [1.82, 2.24) is 0 Å². The summed E-state index contributed by atoms with van der Waals surface area (Å²) >= 11 is 0.380. The van der Waals surface area contributed by atoms with E-state index in [9.17, 15) is 0 Å². The molecule has 0 aliphatic rings. The standard InChI is InChI=1S/3C6H16NS.3FH/c3*1-5(2)8(7)6(3)4;;;/h3*5-6H,7H2,1-4H3;3*1H/q3*+1;;;/p-3. The Kier molecular flexibility index (Phi) is 35.7. The monoisotopic (exact) mass is 459 g/mol. The summed E-state index contributed by atoms with van der Waals surface area (Å²) in [6, 6.07) is 0. The maximum Gasteiger partial charge on any atom is 0.132 e. The second-order valence-electron chi connectivity index (χ2n) is 7.52. The van der Waals surface area contributed by atoms with Crippen LogP contribution in [0.5, 0.6) is 0 Å². The molecule has 0 aliphatic heterocycles. The maximum atomic E-state index is 5.79. The van der Waals surface area contributed by atoms with Crippen molar-refractivity contribution in [3.8, 4) is 0 Å². The molecule has 0 aromatic heterocycles. The fraction of sp³-hybridized carbons (Fsp3) is 1.00. The summed E-state index contributed by atoms with van der Waals surface area (Å²) in [4.78, 5) is 0. The first-order valence-electron chi connectivity index (χ1n) is 9.05. The third-order valence-electron chi connectivity index (χ3n) is 3.27. The third kappa shape index (κ3) is 26.7. The highest BCUT2D eigenvalue weighted by Gasteiger charge is 2.22. The van der Waals surface area contributed by atoms with Crippen molar-refractivity contribution in [2.24, 2.45) is 15.4 Å². The van der Waals surface area contributed by atoms with Crippen LogP contribution in [-0.4, -0.2) is 31.5 Å². The topological polar surface area (TPSA) is 78.1 Å². The first-order valence-corrected chi connectivity index (χ1v) is 13.3. The van der Waals surface area contributed by atoms with Crippen molar-refractivity contribution in [2.45, 2.75) is 115 Å². The van der Waals surface area contributed by atoms with Gasteiger partial charge in [-0.1, -0.05) is 0 Å². The van der Waals surface area contributed by atoms with Crippen LogP contribution in [0.3, 0.4) is 0 Å². The van der Waals surface area contributed by atoms with Crippen molar-refractivity contribution in [1.29, 1.82) is 0 Å². The minimum atomic E-state index is 0. The predicted octanol–water partition coefficient (Wildman–Crippen LogP) is -5.10. The molecule has 0 aromatic rings. The molecule has 0 fully saturated rings. The average Bonchev–Trinajstić information content (AvgIpc) is 2.45. The van der Waals surface area contributed by atoms with E-state index < -0.39 is 0 Å². The van der Waals surface area contributed by atoms with E-state index in [2.05, 4.69) is 83.1 Å². The Labute approximate surface area is 177 Å². The van der Waals surface area contributed by atoms with E-state index in [4.69, 9.17) is 15.4 Å². The van der Waals surface area contributed by atoms with Crippen LogP contribution in [0.15, 0.2) is 0 Å². The minimum absolute atomic E-state index is 0. The second kappa shape index (κ2) is 23.0. The Morgan fingerprint density at radius 2 is 0.407 bits per heavy atom. The van der Waals surface area contributed by atoms with Gasteiger partial charge in [0.25, 0.3) is 0 Å². The van der Waals surface area contributed by atoms with Gasteiger partial charge in [-0.25, -0.2) is 0 Å². The Morgan fingerprint density at radius 1 is 0.333 bits per heavy atom. The molecule has 0 unspecified atom stereocenters.